The van der Waals surface area contributed by atoms with Crippen molar-refractivity contribution in [1.29, 1.82) is 0 Å². The van der Waals surface area contributed by atoms with Crippen LogP contribution in [0.15, 0.2) is 18.2 Å². The molecule has 6 heteroatoms. The van der Waals surface area contributed by atoms with E-state index in [-0.39, 0.29) is 19.0 Å². The topological polar surface area (TPSA) is 38.3 Å². The standard InChI is InChI=1S/C9H7ClFNO2.ClH/c10-5-1-2-7(11)6(3-5)8-4-14-9(13)12-8;/h1-3,8H,4H2,(H,12,13);1H/t8-;/m0./s1. The highest BCUT2D eigenvalue weighted by molar-refractivity contribution is 6.30. The van der Waals surface area contributed by atoms with Gasteiger partial charge >= 0.3 is 6.09 Å². The lowest BCUT2D eigenvalue weighted by Crippen LogP contribution is -2.19. The van der Waals surface area contributed by atoms with Crippen LogP contribution in [0.5, 0.6) is 0 Å². The number of carbonyl (C=O) groups is 1. The molecule has 1 aromatic rings. The first kappa shape index (κ1) is 12.1. The minimum Gasteiger partial charge on any atom is -0.447 e. The van der Waals surface area contributed by atoms with Crippen LogP contribution in [-0.4, -0.2) is 12.7 Å². The Labute approximate surface area is 97.0 Å². The minimum absolute atomic E-state index is 0. The second kappa shape index (κ2) is 4.68. The van der Waals surface area contributed by atoms with Gasteiger partial charge in [0.1, 0.15) is 12.4 Å². The maximum Gasteiger partial charge on any atom is 0.407 e. The molecule has 1 atom stereocenters. The second-order valence-electron chi connectivity index (χ2n) is 2.96. The van der Waals surface area contributed by atoms with E-state index in [0.717, 1.165) is 0 Å². The number of hydrogen-bond donors (Lipinski definition) is 1. The molecule has 3 nitrogen and oxygen atoms in total. The SMILES string of the molecule is Cl.O=C1N[C@H](c2cc(Cl)ccc2F)CO1. The number of cyclic esters (lactones) is 1. The highest BCUT2D eigenvalue weighted by Crippen LogP contribution is 2.24. The zero-order chi connectivity index (χ0) is 10.1. The monoisotopic (exact) mass is 251 g/mol. The Morgan fingerprint density at radius 1 is 1.53 bits per heavy atom. The van der Waals surface area contributed by atoms with Gasteiger partial charge in [-0.15, -0.1) is 12.4 Å². The fourth-order valence-electron chi connectivity index (χ4n) is 1.33. The van der Waals surface area contributed by atoms with E-state index in [1.165, 1.54) is 18.2 Å². The zero-order valence-corrected chi connectivity index (χ0v) is 9.07. The van der Waals surface area contributed by atoms with Crippen LogP contribution in [0.2, 0.25) is 5.02 Å². The van der Waals surface area contributed by atoms with Crippen LogP contribution in [0, 0.1) is 5.82 Å². The van der Waals surface area contributed by atoms with Gasteiger partial charge in [-0.25, -0.2) is 9.18 Å². The molecule has 1 fully saturated rings. The number of nitrogens with one attached hydrogen (secondary N) is 1. The molecule has 0 aliphatic carbocycles. The first-order valence-corrected chi connectivity index (χ1v) is 4.43. The molecule has 1 heterocycles. The van der Waals surface area contributed by atoms with Crippen molar-refractivity contribution < 1.29 is 13.9 Å². The third-order valence-corrected chi connectivity index (χ3v) is 2.24. The minimum atomic E-state index is -0.533. The molecule has 1 saturated heterocycles. The summed E-state index contributed by atoms with van der Waals surface area (Å²) >= 11 is 5.71. The van der Waals surface area contributed by atoms with Crippen LogP contribution in [0.3, 0.4) is 0 Å². The van der Waals surface area contributed by atoms with Gasteiger partial charge in [0.2, 0.25) is 0 Å². The number of carbonyl (C=O) groups excluding carboxylic acids is 1. The smallest absolute Gasteiger partial charge is 0.407 e. The lowest BCUT2D eigenvalue weighted by molar-refractivity contribution is 0.177. The molecule has 0 saturated carbocycles. The van der Waals surface area contributed by atoms with Gasteiger partial charge in [-0.2, -0.15) is 0 Å². The van der Waals surface area contributed by atoms with E-state index < -0.39 is 18.0 Å². The molecule has 2 rings (SSSR count). The molecule has 0 bridgehead atoms. The predicted molar refractivity (Wildman–Crippen MR) is 55.9 cm³/mol. The van der Waals surface area contributed by atoms with Crippen molar-refractivity contribution in [1.82, 2.24) is 5.32 Å². The highest BCUT2D eigenvalue weighted by Gasteiger charge is 2.26. The van der Waals surface area contributed by atoms with Crippen molar-refractivity contribution >= 4 is 30.1 Å². The van der Waals surface area contributed by atoms with Crippen molar-refractivity contribution in [3.05, 3.63) is 34.6 Å². The second-order valence-corrected chi connectivity index (χ2v) is 3.40. The van der Waals surface area contributed by atoms with E-state index in [1.807, 2.05) is 0 Å². The maximum atomic E-state index is 13.3. The fraction of sp³-hybridized carbons (Fsp3) is 0.222. The van der Waals surface area contributed by atoms with E-state index in [1.54, 1.807) is 0 Å². The summed E-state index contributed by atoms with van der Waals surface area (Å²) in [5.74, 6) is -0.398. The van der Waals surface area contributed by atoms with Gasteiger partial charge in [-0.05, 0) is 18.2 Å². The van der Waals surface area contributed by atoms with E-state index >= 15 is 0 Å². The predicted octanol–water partition coefficient (Wildman–Crippen LogP) is 2.68. The highest BCUT2D eigenvalue weighted by atomic mass is 35.5. The summed E-state index contributed by atoms with van der Waals surface area (Å²) in [5, 5.41) is 2.91. The average Bonchev–Trinajstić information content (AvgIpc) is 2.56. The number of halogens is 3. The molecule has 1 N–H and O–H groups in total. The Morgan fingerprint density at radius 3 is 2.87 bits per heavy atom. The molecule has 1 amide bonds. The van der Waals surface area contributed by atoms with E-state index in [2.05, 4.69) is 10.1 Å². The summed E-state index contributed by atoms with van der Waals surface area (Å²) in [5.41, 5.74) is 0.350. The van der Waals surface area contributed by atoms with Gasteiger partial charge in [0.25, 0.3) is 0 Å². The summed E-state index contributed by atoms with van der Waals surface area (Å²) in [4.78, 5) is 10.7. The van der Waals surface area contributed by atoms with Crippen molar-refractivity contribution in [3.63, 3.8) is 0 Å². The van der Waals surface area contributed by atoms with Crippen LogP contribution in [0.25, 0.3) is 0 Å². The molecule has 15 heavy (non-hydrogen) atoms. The zero-order valence-electron chi connectivity index (χ0n) is 7.50. The molecule has 0 aromatic heterocycles. The van der Waals surface area contributed by atoms with Gasteiger partial charge in [-0.1, -0.05) is 11.6 Å². The van der Waals surface area contributed by atoms with Crippen molar-refractivity contribution in [3.8, 4) is 0 Å². The van der Waals surface area contributed by atoms with E-state index in [0.29, 0.717) is 10.6 Å². The first-order valence-electron chi connectivity index (χ1n) is 4.05. The fourth-order valence-corrected chi connectivity index (χ4v) is 1.51. The summed E-state index contributed by atoms with van der Waals surface area (Å²) in [7, 11) is 0. The molecule has 0 spiro atoms. The quantitative estimate of drug-likeness (QED) is 0.834. The van der Waals surface area contributed by atoms with E-state index in [9.17, 15) is 9.18 Å². The van der Waals surface area contributed by atoms with Crippen molar-refractivity contribution in [2.75, 3.05) is 6.61 Å². The molecular formula is C9H8Cl2FNO2. The maximum absolute atomic E-state index is 13.3. The summed E-state index contributed by atoms with van der Waals surface area (Å²) in [6, 6.07) is 3.76. The number of rotatable bonds is 1. The lowest BCUT2D eigenvalue weighted by atomic mass is 10.1. The summed E-state index contributed by atoms with van der Waals surface area (Å²) in [6.07, 6.45) is -0.533. The molecule has 1 aliphatic rings. The number of ether oxygens (including phenoxy) is 1. The Morgan fingerprint density at radius 2 is 2.27 bits per heavy atom. The summed E-state index contributed by atoms with van der Waals surface area (Å²) < 4.78 is 17.9. The van der Waals surface area contributed by atoms with Crippen LogP contribution in [-0.2, 0) is 4.74 Å². The number of benzene rings is 1. The third kappa shape index (κ3) is 2.52. The molecule has 82 valence electrons. The molecule has 1 aromatic carbocycles. The number of hydrogen-bond acceptors (Lipinski definition) is 2. The first-order chi connectivity index (χ1) is 6.66. The molecule has 0 radical (unpaired) electrons. The molecule has 1 aliphatic heterocycles. The normalized spacial score (nSPS) is 19.1. The third-order valence-electron chi connectivity index (χ3n) is 2.01. The number of alkyl carbamates (subject to hydrolysis) is 1. The van der Waals surface area contributed by atoms with Crippen LogP contribution in [0.1, 0.15) is 11.6 Å². The Hall–Kier alpha value is -1.00. The lowest BCUT2D eigenvalue weighted by Gasteiger charge is -2.08. The Kier molecular flexibility index (Phi) is 3.77. The van der Waals surface area contributed by atoms with Gasteiger partial charge in [0, 0.05) is 10.6 Å². The molecule has 0 unspecified atom stereocenters. The molecular weight excluding hydrogens is 244 g/mol. The van der Waals surface area contributed by atoms with E-state index in [4.69, 9.17) is 11.6 Å². The van der Waals surface area contributed by atoms with Gasteiger partial charge < -0.3 is 10.1 Å². The largest absolute Gasteiger partial charge is 0.447 e. The van der Waals surface area contributed by atoms with Crippen molar-refractivity contribution in [2.24, 2.45) is 0 Å². The van der Waals surface area contributed by atoms with Crippen molar-refractivity contribution in [2.45, 2.75) is 6.04 Å². The van der Waals surface area contributed by atoms with Crippen LogP contribution >= 0.6 is 24.0 Å². The van der Waals surface area contributed by atoms with Gasteiger partial charge in [-0.3, -0.25) is 0 Å². The average molecular weight is 252 g/mol. The van der Waals surface area contributed by atoms with Crippen LogP contribution < -0.4 is 5.32 Å². The van der Waals surface area contributed by atoms with Gasteiger partial charge in [0.15, 0.2) is 0 Å². The Bertz CT molecular complexity index is 386. The van der Waals surface area contributed by atoms with Gasteiger partial charge in [0.05, 0.1) is 6.04 Å². The Balaban J connectivity index is 0.00000112. The summed E-state index contributed by atoms with van der Waals surface area (Å²) in [6.45, 7) is 0.135. The van der Waals surface area contributed by atoms with Crippen LogP contribution in [0.4, 0.5) is 9.18 Å². The number of amides is 1.